The first-order chi connectivity index (χ1) is 7.56. The number of anilines is 1. The Hall–Kier alpha value is -0.220. The average molecular weight is 282 g/mol. The van der Waals surface area contributed by atoms with Gasteiger partial charge in [0.25, 0.3) is 0 Å². The van der Waals surface area contributed by atoms with Crippen LogP contribution in [-0.2, 0) is 0 Å². The van der Waals surface area contributed by atoms with E-state index in [-0.39, 0.29) is 11.3 Å². The standard InChI is InChI=1S/C10H11Cl3N2O/c11-7-3-8(12)10(15-9(7)13)14-4-5-1-6(16)2-5/h3,5-6,16H,1-2,4H2,(H,14,15). The Labute approximate surface area is 109 Å². The van der Waals surface area contributed by atoms with Crippen LogP contribution in [0.3, 0.4) is 0 Å². The van der Waals surface area contributed by atoms with Crippen molar-refractivity contribution < 1.29 is 5.11 Å². The number of hydrogen-bond acceptors (Lipinski definition) is 3. The minimum atomic E-state index is -0.149. The molecule has 1 aromatic rings. The first kappa shape index (κ1) is 12.2. The fraction of sp³-hybridized carbons (Fsp3) is 0.500. The van der Waals surface area contributed by atoms with Gasteiger partial charge < -0.3 is 10.4 Å². The van der Waals surface area contributed by atoms with E-state index in [0.717, 1.165) is 19.4 Å². The van der Waals surface area contributed by atoms with E-state index in [9.17, 15) is 0 Å². The summed E-state index contributed by atoms with van der Waals surface area (Å²) in [6.45, 7) is 0.738. The number of aromatic nitrogens is 1. The molecule has 6 heteroatoms. The zero-order chi connectivity index (χ0) is 11.7. The molecule has 0 amide bonds. The van der Waals surface area contributed by atoms with Gasteiger partial charge >= 0.3 is 0 Å². The number of aliphatic hydroxyl groups is 1. The predicted octanol–water partition coefficient (Wildman–Crippen LogP) is 3.22. The maximum absolute atomic E-state index is 9.14. The van der Waals surface area contributed by atoms with Crippen molar-refractivity contribution in [2.75, 3.05) is 11.9 Å². The molecule has 1 heterocycles. The number of nitrogens with zero attached hydrogens (tertiary/aromatic N) is 1. The van der Waals surface area contributed by atoms with Gasteiger partial charge in [0.2, 0.25) is 0 Å². The summed E-state index contributed by atoms with van der Waals surface area (Å²) in [7, 11) is 0. The molecule has 1 saturated carbocycles. The molecule has 0 radical (unpaired) electrons. The number of pyridine rings is 1. The smallest absolute Gasteiger partial charge is 0.150 e. The molecule has 88 valence electrons. The van der Waals surface area contributed by atoms with Gasteiger partial charge in [-0.25, -0.2) is 4.98 Å². The minimum Gasteiger partial charge on any atom is -0.393 e. The Morgan fingerprint density at radius 2 is 2.00 bits per heavy atom. The predicted molar refractivity (Wildman–Crippen MR) is 66.5 cm³/mol. The zero-order valence-corrected chi connectivity index (χ0v) is 10.6. The molecular weight excluding hydrogens is 270 g/mol. The molecule has 0 aliphatic heterocycles. The lowest BCUT2D eigenvalue weighted by Crippen LogP contribution is -2.33. The van der Waals surface area contributed by atoms with E-state index in [2.05, 4.69) is 10.3 Å². The molecule has 3 nitrogen and oxygen atoms in total. The Morgan fingerprint density at radius 1 is 1.31 bits per heavy atom. The summed E-state index contributed by atoms with van der Waals surface area (Å²) in [5, 5.41) is 13.3. The quantitative estimate of drug-likeness (QED) is 0.836. The summed E-state index contributed by atoms with van der Waals surface area (Å²) in [6, 6.07) is 1.57. The molecule has 1 aliphatic rings. The summed E-state index contributed by atoms with van der Waals surface area (Å²) in [4.78, 5) is 4.05. The van der Waals surface area contributed by atoms with E-state index in [1.165, 1.54) is 0 Å². The van der Waals surface area contributed by atoms with Crippen molar-refractivity contribution in [2.45, 2.75) is 18.9 Å². The van der Waals surface area contributed by atoms with Crippen LogP contribution in [0.25, 0.3) is 0 Å². The zero-order valence-electron chi connectivity index (χ0n) is 8.38. The number of hydrogen-bond donors (Lipinski definition) is 2. The van der Waals surface area contributed by atoms with E-state index in [1.54, 1.807) is 6.07 Å². The summed E-state index contributed by atoms with van der Waals surface area (Å²) < 4.78 is 0. The van der Waals surface area contributed by atoms with Gasteiger partial charge in [-0.3, -0.25) is 0 Å². The van der Waals surface area contributed by atoms with E-state index < -0.39 is 0 Å². The van der Waals surface area contributed by atoms with E-state index in [0.29, 0.717) is 21.8 Å². The molecule has 1 aromatic heterocycles. The molecule has 0 spiro atoms. The van der Waals surface area contributed by atoms with Crippen LogP contribution < -0.4 is 5.32 Å². The van der Waals surface area contributed by atoms with Crippen LogP contribution >= 0.6 is 34.8 Å². The highest BCUT2D eigenvalue weighted by Gasteiger charge is 2.26. The van der Waals surface area contributed by atoms with Crippen LogP contribution in [0.4, 0.5) is 5.82 Å². The molecule has 0 unspecified atom stereocenters. The molecule has 2 N–H and O–H groups in total. The summed E-state index contributed by atoms with van der Waals surface area (Å²) in [6.07, 6.45) is 1.50. The van der Waals surface area contributed by atoms with Crippen LogP contribution in [0.5, 0.6) is 0 Å². The summed E-state index contributed by atoms with van der Waals surface area (Å²) in [5.74, 6) is 1.01. The van der Waals surface area contributed by atoms with Crippen molar-refractivity contribution in [2.24, 2.45) is 5.92 Å². The molecular formula is C10H11Cl3N2O. The van der Waals surface area contributed by atoms with Gasteiger partial charge in [0.1, 0.15) is 11.0 Å². The topological polar surface area (TPSA) is 45.1 Å². The maximum Gasteiger partial charge on any atom is 0.150 e. The van der Waals surface area contributed by atoms with E-state index in [1.807, 2.05) is 0 Å². The van der Waals surface area contributed by atoms with Crippen molar-refractivity contribution in [3.63, 3.8) is 0 Å². The first-order valence-electron chi connectivity index (χ1n) is 4.99. The third kappa shape index (κ3) is 2.72. The van der Waals surface area contributed by atoms with E-state index in [4.69, 9.17) is 39.9 Å². The molecule has 2 rings (SSSR count). The lowest BCUT2D eigenvalue weighted by molar-refractivity contribution is 0.0486. The second kappa shape index (κ2) is 4.96. The third-order valence-corrected chi connectivity index (χ3v) is 3.62. The largest absolute Gasteiger partial charge is 0.393 e. The Kier molecular flexibility index (Phi) is 3.80. The average Bonchev–Trinajstić information content (AvgIpc) is 2.18. The Morgan fingerprint density at radius 3 is 2.62 bits per heavy atom. The molecule has 1 fully saturated rings. The maximum atomic E-state index is 9.14. The lowest BCUT2D eigenvalue weighted by Gasteiger charge is -2.31. The van der Waals surface area contributed by atoms with Crippen molar-refractivity contribution in [3.8, 4) is 0 Å². The minimum absolute atomic E-state index is 0.149. The fourth-order valence-electron chi connectivity index (χ4n) is 1.68. The Bertz CT molecular complexity index is 394. The van der Waals surface area contributed by atoms with Crippen LogP contribution in [0.1, 0.15) is 12.8 Å². The summed E-state index contributed by atoms with van der Waals surface area (Å²) in [5.41, 5.74) is 0. The van der Waals surface area contributed by atoms with Gasteiger partial charge in [-0.15, -0.1) is 0 Å². The highest BCUT2D eigenvalue weighted by atomic mass is 35.5. The van der Waals surface area contributed by atoms with Gasteiger partial charge in [0, 0.05) is 6.54 Å². The van der Waals surface area contributed by atoms with Gasteiger partial charge in [-0.05, 0) is 24.8 Å². The lowest BCUT2D eigenvalue weighted by atomic mass is 9.82. The number of aliphatic hydroxyl groups excluding tert-OH is 1. The van der Waals surface area contributed by atoms with Crippen LogP contribution in [0.2, 0.25) is 15.2 Å². The van der Waals surface area contributed by atoms with Crippen LogP contribution in [0, 0.1) is 5.92 Å². The highest BCUT2D eigenvalue weighted by molar-refractivity contribution is 6.42. The first-order valence-corrected chi connectivity index (χ1v) is 6.13. The van der Waals surface area contributed by atoms with Gasteiger partial charge in [-0.2, -0.15) is 0 Å². The van der Waals surface area contributed by atoms with Crippen LogP contribution in [-0.4, -0.2) is 22.7 Å². The van der Waals surface area contributed by atoms with Gasteiger partial charge in [0.15, 0.2) is 0 Å². The molecule has 16 heavy (non-hydrogen) atoms. The summed E-state index contributed by atoms with van der Waals surface area (Å²) >= 11 is 17.5. The SMILES string of the molecule is OC1CC(CNc2nc(Cl)c(Cl)cc2Cl)C1. The molecule has 0 saturated heterocycles. The number of nitrogens with one attached hydrogen (secondary N) is 1. The second-order valence-corrected chi connectivity index (χ2v) is 5.14. The molecule has 0 aromatic carbocycles. The highest BCUT2D eigenvalue weighted by Crippen LogP contribution is 2.31. The normalized spacial score (nSPS) is 24.0. The van der Waals surface area contributed by atoms with E-state index >= 15 is 0 Å². The van der Waals surface area contributed by atoms with Crippen molar-refractivity contribution in [1.29, 1.82) is 0 Å². The van der Waals surface area contributed by atoms with Gasteiger partial charge in [0.05, 0.1) is 16.1 Å². The third-order valence-electron chi connectivity index (χ3n) is 2.66. The van der Waals surface area contributed by atoms with Crippen molar-refractivity contribution in [1.82, 2.24) is 4.98 Å². The van der Waals surface area contributed by atoms with Crippen LogP contribution in [0.15, 0.2) is 6.07 Å². The van der Waals surface area contributed by atoms with Gasteiger partial charge in [-0.1, -0.05) is 34.8 Å². The Balaban J connectivity index is 1.96. The fourth-order valence-corrected chi connectivity index (χ4v) is 2.24. The van der Waals surface area contributed by atoms with Crippen molar-refractivity contribution in [3.05, 3.63) is 21.3 Å². The number of halogens is 3. The molecule has 0 bridgehead atoms. The number of rotatable bonds is 3. The molecule has 1 aliphatic carbocycles. The monoisotopic (exact) mass is 280 g/mol. The van der Waals surface area contributed by atoms with Crippen molar-refractivity contribution >= 4 is 40.6 Å². The second-order valence-electron chi connectivity index (χ2n) is 3.96. The molecule has 0 atom stereocenters.